The molecular formula is C31H37F3N2O8S. The van der Waals surface area contributed by atoms with Gasteiger partial charge in [-0.15, -0.1) is 0 Å². The Labute approximate surface area is 260 Å². The van der Waals surface area contributed by atoms with Crippen molar-refractivity contribution in [2.24, 2.45) is 0 Å². The van der Waals surface area contributed by atoms with Crippen molar-refractivity contribution in [3.63, 3.8) is 0 Å². The van der Waals surface area contributed by atoms with Crippen LogP contribution >= 0.6 is 0 Å². The van der Waals surface area contributed by atoms with Crippen LogP contribution in [0.2, 0.25) is 0 Å². The van der Waals surface area contributed by atoms with Gasteiger partial charge in [-0.2, -0.15) is 13.2 Å². The molecule has 0 aliphatic carbocycles. The fourth-order valence-corrected chi connectivity index (χ4v) is 7.39. The summed E-state index contributed by atoms with van der Waals surface area (Å²) in [4.78, 5) is 29.4. The van der Waals surface area contributed by atoms with Gasteiger partial charge in [-0.3, -0.25) is 0 Å². The summed E-state index contributed by atoms with van der Waals surface area (Å²) in [6.07, 6.45) is 6.13. The maximum absolute atomic E-state index is 14.4. The van der Waals surface area contributed by atoms with Gasteiger partial charge in [-0.05, 0) is 0 Å². The Balaban J connectivity index is 0.000000444. The van der Waals surface area contributed by atoms with E-state index in [0.717, 1.165) is 12.8 Å². The van der Waals surface area contributed by atoms with Crippen LogP contribution in [-0.4, -0.2) is 97.5 Å². The quantitative estimate of drug-likeness (QED) is 0.203. The number of hydrogen-bond acceptors (Lipinski definition) is 8. The molecule has 0 saturated carbocycles. The predicted molar refractivity (Wildman–Crippen MR) is 153 cm³/mol. The van der Waals surface area contributed by atoms with Gasteiger partial charge in [0.15, 0.2) is 10.1 Å². The summed E-state index contributed by atoms with van der Waals surface area (Å²) in [6, 6.07) is 19.8. The lowest BCUT2D eigenvalue weighted by molar-refractivity contribution is -0.956. The predicted octanol–water partition coefficient (Wildman–Crippen LogP) is 4.30. The van der Waals surface area contributed by atoms with E-state index < -0.39 is 33.3 Å². The Hall–Kier alpha value is -3.20. The third kappa shape index (κ3) is 6.83. The molecule has 4 heterocycles. The van der Waals surface area contributed by atoms with Crippen molar-refractivity contribution >= 4 is 22.2 Å². The van der Waals surface area contributed by atoms with E-state index in [1.165, 1.54) is 43.3 Å². The van der Waals surface area contributed by atoms with Crippen molar-refractivity contribution in [3.05, 3.63) is 71.8 Å². The molecule has 2 aromatic rings. The first-order chi connectivity index (χ1) is 21.4. The fraction of sp³-hybridized carbons (Fsp3) is 0.548. The van der Waals surface area contributed by atoms with Gasteiger partial charge in [0.2, 0.25) is 0 Å². The number of esters is 1. The Morgan fingerprint density at radius 2 is 1.33 bits per heavy atom. The lowest BCUT2D eigenvalue weighted by Gasteiger charge is -2.47. The smallest absolute Gasteiger partial charge is 0.485 e. The molecule has 4 aliphatic rings. The van der Waals surface area contributed by atoms with E-state index in [1.807, 2.05) is 60.7 Å². The summed E-state index contributed by atoms with van der Waals surface area (Å²) in [5, 5.41) is 0. The van der Waals surface area contributed by atoms with E-state index >= 15 is 0 Å². The van der Waals surface area contributed by atoms with E-state index in [4.69, 9.17) is 27.2 Å². The van der Waals surface area contributed by atoms with Crippen LogP contribution in [0.15, 0.2) is 60.7 Å². The molecule has 0 radical (unpaired) electrons. The second-order valence-electron chi connectivity index (χ2n) is 11.9. The Bertz CT molecular complexity index is 1370. The van der Waals surface area contributed by atoms with Gasteiger partial charge >= 0.3 is 17.6 Å². The summed E-state index contributed by atoms with van der Waals surface area (Å²) < 4.78 is 78.2. The van der Waals surface area contributed by atoms with Gasteiger partial charge in [0.25, 0.3) is 5.60 Å². The molecular weight excluding hydrogens is 617 g/mol. The molecule has 10 nitrogen and oxygen atoms in total. The van der Waals surface area contributed by atoms with Crippen molar-refractivity contribution in [1.29, 1.82) is 0 Å². The normalized spacial score (nSPS) is 24.4. The molecule has 45 heavy (non-hydrogen) atoms. The van der Waals surface area contributed by atoms with Crippen molar-refractivity contribution in [3.8, 4) is 0 Å². The molecule has 2 atom stereocenters. The number of quaternary nitrogens is 1. The van der Waals surface area contributed by atoms with Crippen molar-refractivity contribution in [1.82, 2.24) is 4.90 Å². The van der Waals surface area contributed by atoms with Crippen LogP contribution in [0.1, 0.15) is 49.7 Å². The summed E-state index contributed by atoms with van der Waals surface area (Å²) in [5.74, 6) is -0.509. The maximum atomic E-state index is 14.4. The molecule has 0 N–H and O–H groups in total. The number of hydrogen-bond donors (Lipinski definition) is 0. The standard InChI is InChI=1S/C30H37N2O5.CHF3O3S/c33-28(36-27-21-25-13-14-26(22-27)32(25)17-7-8-18-32)30(23-9-3-1-4-10-23,24-11-5-2-6-12-24)37-29(34)31-15-19-35-20-16-31;2-1(3,4)8(5,6)7/h1-6,9-12,25-27H,7-8,13-22H2;(H,5,6,7)/q+1;/p-1. The highest BCUT2D eigenvalue weighted by Gasteiger charge is 2.57. The number of nitrogens with zero attached hydrogens (tertiary/aromatic N) is 2. The highest BCUT2D eigenvalue weighted by molar-refractivity contribution is 7.86. The molecule has 14 heteroatoms. The molecule has 246 valence electrons. The van der Waals surface area contributed by atoms with Gasteiger partial charge in [-0.1, -0.05) is 60.7 Å². The third-order valence-corrected chi connectivity index (χ3v) is 10.0. The van der Waals surface area contributed by atoms with Crippen LogP contribution in [0.3, 0.4) is 0 Å². The second kappa shape index (κ2) is 13.3. The van der Waals surface area contributed by atoms with E-state index in [1.54, 1.807) is 4.90 Å². The molecule has 4 fully saturated rings. The number of rotatable bonds is 5. The number of ether oxygens (including phenoxy) is 3. The molecule has 1 amide bonds. The van der Waals surface area contributed by atoms with Crippen LogP contribution in [-0.2, 0) is 34.7 Å². The number of carbonyl (C=O) groups excluding carboxylic acids is 2. The molecule has 2 bridgehead atoms. The SMILES string of the molecule is O=C(OC(C(=O)OC1CC2CCC(C1)[N+]21CCCC1)(c1ccccc1)c1ccccc1)N1CCOCC1.O=S(=O)([O-])C(F)(F)F. The van der Waals surface area contributed by atoms with Crippen molar-refractivity contribution in [2.45, 2.75) is 67.8 Å². The van der Waals surface area contributed by atoms with Crippen molar-refractivity contribution in [2.75, 3.05) is 39.4 Å². The number of alkyl halides is 3. The van der Waals surface area contributed by atoms with Gasteiger partial charge in [0.1, 0.15) is 6.10 Å². The van der Waals surface area contributed by atoms with Gasteiger partial charge in [-0.25, -0.2) is 18.0 Å². The number of amides is 1. The lowest BCUT2D eigenvalue weighted by Crippen LogP contribution is -2.60. The topological polar surface area (TPSA) is 122 Å². The van der Waals surface area contributed by atoms with E-state index in [9.17, 15) is 22.8 Å². The van der Waals surface area contributed by atoms with Crippen LogP contribution in [0.4, 0.5) is 18.0 Å². The van der Waals surface area contributed by atoms with Crippen LogP contribution in [0.5, 0.6) is 0 Å². The summed E-state index contributed by atoms with van der Waals surface area (Å²) in [7, 11) is -6.09. The zero-order chi connectivity index (χ0) is 32.3. The third-order valence-electron chi connectivity index (χ3n) is 9.47. The van der Waals surface area contributed by atoms with Gasteiger partial charge in [0.05, 0.1) is 38.4 Å². The van der Waals surface area contributed by atoms with Crippen LogP contribution in [0.25, 0.3) is 0 Å². The number of benzene rings is 2. The largest absolute Gasteiger partial charge is 0.741 e. The molecule has 2 unspecified atom stereocenters. The minimum absolute atomic E-state index is 0.164. The average molecular weight is 655 g/mol. The van der Waals surface area contributed by atoms with Gasteiger partial charge < -0.3 is 28.1 Å². The van der Waals surface area contributed by atoms with Crippen LogP contribution in [0, 0.1) is 0 Å². The number of piperidine rings is 1. The molecule has 1 spiro atoms. The van der Waals surface area contributed by atoms with E-state index in [0.29, 0.717) is 49.5 Å². The zero-order valence-corrected chi connectivity index (χ0v) is 25.5. The van der Waals surface area contributed by atoms with Gasteiger partial charge in [0, 0.05) is 62.7 Å². The highest BCUT2D eigenvalue weighted by atomic mass is 32.2. The van der Waals surface area contributed by atoms with Crippen molar-refractivity contribution < 1.29 is 54.4 Å². The summed E-state index contributed by atoms with van der Waals surface area (Å²) >= 11 is 0. The first-order valence-corrected chi connectivity index (χ1v) is 16.5. The molecule has 2 aromatic carbocycles. The highest BCUT2D eigenvalue weighted by Crippen LogP contribution is 2.47. The Morgan fingerprint density at radius 3 is 1.78 bits per heavy atom. The number of carbonyl (C=O) groups is 2. The average Bonchev–Trinajstić information content (AvgIpc) is 3.57. The monoisotopic (exact) mass is 654 g/mol. The zero-order valence-electron chi connectivity index (χ0n) is 24.7. The minimum atomic E-state index is -6.09. The second-order valence-corrected chi connectivity index (χ2v) is 13.3. The van der Waals surface area contributed by atoms with E-state index in [-0.39, 0.29) is 6.10 Å². The molecule has 4 saturated heterocycles. The molecule has 4 aliphatic heterocycles. The molecule has 0 aromatic heterocycles. The first-order valence-electron chi connectivity index (χ1n) is 15.1. The fourth-order valence-electron chi connectivity index (χ4n) is 7.39. The summed E-state index contributed by atoms with van der Waals surface area (Å²) in [5.41, 5.74) is -6.15. The van der Waals surface area contributed by atoms with Crippen LogP contribution < -0.4 is 0 Å². The number of morpholine rings is 1. The van der Waals surface area contributed by atoms with E-state index in [2.05, 4.69) is 0 Å². The Kier molecular flexibility index (Phi) is 9.78. The first kappa shape index (κ1) is 33.2. The molecule has 6 rings (SSSR count). The number of halogens is 3. The summed E-state index contributed by atoms with van der Waals surface area (Å²) in [6.45, 7) is 4.30. The lowest BCUT2D eigenvalue weighted by atomic mass is 9.85. The minimum Gasteiger partial charge on any atom is -0.741 e. The maximum Gasteiger partial charge on any atom is 0.485 e. The Morgan fingerprint density at radius 1 is 0.867 bits per heavy atom.